The molecule has 9 nitrogen and oxygen atoms in total. The number of ether oxygens (including phenoxy) is 1. The number of hydrogen-bond acceptors (Lipinski definition) is 5. The Morgan fingerprint density at radius 2 is 1.57 bits per heavy atom. The molecule has 2 aliphatic carbocycles. The fourth-order valence-corrected chi connectivity index (χ4v) is 6.57. The van der Waals surface area contributed by atoms with Crippen molar-refractivity contribution in [3.05, 3.63) is 59.2 Å². The fourth-order valence-electron chi connectivity index (χ4n) is 6.57. The monoisotopic (exact) mass is 619 g/mol. The summed E-state index contributed by atoms with van der Waals surface area (Å²) >= 11 is 0. The Bertz CT molecular complexity index is 1270. The van der Waals surface area contributed by atoms with Gasteiger partial charge in [-0.1, -0.05) is 44.2 Å². The first-order chi connectivity index (χ1) is 21.0. The minimum Gasteiger partial charge on any atom is -0.481 e. The topological polar surface area (TPSA) is 137 Å². The number of anilines is 1. The molecule has 5 N–H and O–H groups in total. The van der Waals surface area contributed by atoms with Crippen LogP contribution in [-0.2, 0) is 11.4 Å². The highest BCUT2D eigenvalue weighted by Gasteiger charge is 2.34. The average molecular weight is 620 g/mol. The number of carboxylic acid groups (broad SMARTS) is 1. The molecule has 2 aromatic rings. The zero-order valence-corrected chi connectivity index (χ0v) is 24.5. The molecule has 0 spiro atoms. The summed E-state index contributed by atoms with van der Waals surface area (Å²) in [6.45, 7) is -0.711. The largest absolute Gasteiger partial charge is 0.573 e. The molecule has 240 valence electrons. The molecule has 0 heterocycles. The van der Waals surface area contributed by atoms with Crippen LogP contribution in [-0.4, -0.2) is 41.0 Å². The lowest BCUT2D eigenvalue weighted by Gasteiger charge is -2.38. The molecule has 1 atom stereocenters. The van der Waals surface area contributed by atoms with E-state index in [-0.39, 0.29) is 30.1 Å². The number of amides is 3. The van der Waals surface area contributed by atoms with Crippen molar-refractivity contribution in [1.82, 2.24) is 10.6 Å². The summed E-state index contributed by atoms with van der Waals surface area (Å²) in [6.07, 6.45) is 5.29. The van der Waals surface area contributed by atoms with Gasteiger partial charge in [0.2, 0.25) is 0 Å². The summed E-state index contributed by atoms with van der Waals surface area (Å²) in [5.74, 6) is -0.400. The summed E-state index contributed by atoms with van der Waals surface area (Å²) in [7, 11) is 0. The molecule has 2 fully saturated rings. The zero-order chi connectivity index (χ0) is 31.7. The number of carbonyl (C=O) groups excluding carboxylic acids is 2. The Morgan fingerprint density at radius 3 is 2.18 bits per heavy atom. The average Bonchev–Trinajstić information content (AvgIpc) is 3.00. The van der Waals surface area contributed by atoms with Crippen molar-refractivity contribution in [1.29, 1.82) is 0 Å². The molecule has 0 aliphatic heterocycles. The predicted octanol–water partition coefficient (Wildman–Crippen LogP) is 6.53. The first-order valence-corrected chi connectivity index (χ1v) is 15.2. The molecular weight excluding hydrogens is 579 g/mol. The minimum absolute atomic E-state index is 0.00576. The van der Waals surface area contributed by atoms with E-state index in [4.69, 9.17) is 5.11 Å². The van der Waals surface area contributed by atoms with Crippen LogP contribution in [0.3, 0.4) is 0 Å². The Hall–Kier alpha value is -3.80. The van der Waals surface area contributed by atoms with Crippen LogP contribution >= 0.6 is 0 Å². The van der Waals surface area contributed by atoms with E-state index in [1.54, 1.807) is 24.3 Å². The van der Waals surface area contributed by atoms with Crippen LogP contribution in [0.4, 0.5) is 23.7 Å². The van der Waals surface area contributed by atoms with Crippen molar-refractivity contribution in [2.45, 2.75) is 83.2 Å². The third-order valence-electron chi connectivity index (χ3n) is 8.76. The first-order valence-electron chi connectivity index (χ1n) is 15.2. The number of rotatable bonds is 11. The van der Waals surface area contributed by atoms with Crippen LogP contribution < -0.4 is 20.7 Å². The molecule has 12 heteroatoms. The molecular formula is C32H40F3N3O6. The lowest BCUT2D eigenvalue weighted by molar-refractivity contribution is -0.275. The number of nitrogens with one attached hydrogen (secondary N) is 3. The number of carbonyl (C=O) groups is 3. The Labute approximate surface area is 254 Å². The van der Waals surface area contributed by atoms with E-state index in [1.165, 1.54) is 44.2 Å². The SMILES string of the molecule is O=C(O)CCNC(=O)c1ccc(C(NC(=O)Nc2ccc(OC(F)(F)F)c(CO)c2)C2CCC(C3CCCCC3)CC2)cc1. The van der Waals surface area contributed by atoms with Gasteiger partial charge in [-0.05, 0) is 79.3 Å². The predicted molar refractivity (Wildman–Crippen MR) is 157 cm³/mol. The van der Waals surface area contributed by atoms with E-state index >= 15 is 0 Å². The molecule has 0 saturated heterocycles. The molecule has 0 aromatic heterocycles. The Morgan fingerprint density at radius 1 is 0.909 bits per heavy atom. The van der Waals surface area contributed by atoms with E-state index in [0.717, 1.165) is 43.2 Å². The molecule has 2 aromatic carbocycles. The summed E-state index contributed by atoms with van der Waals surface area (Å²) in [5, 5.41) is 26.6. The second-order valence-corrected chi connectivity index (χ2v) is 11.7. The smallest absolute Gasteiger partial charge is 0.481 e. The quantitative estimate of drug-likeness (QED) is 0.194. The van der Waals surface area contributed by atoms with Gasteiger partial charge in [0.05, 0.1) is 19.1 Å². The van der Waals surface area contributed by atoms with Crippen LogP contribution in [0.2, 0.25) is 0 Å². The van der Waals surface area contributed by atoms with Crippen molar-refractivity contribution in [2.24, 2.45) is 17.8 Å². The highest BCUT2D eigenvalue weighted by atomic mass is 19.4. The standard InChI is InChI=1S/C32H40F3N3O6/c33-32(34,35)44-27-15-14-26(18-25(27)19-39)37-31(43)38-29(22-8-6-21(7-9-22)20-4-2-1-3-5-20)23-10-12-24(13-11-23)30(42)36-17-16-28(40)41/h10-15,18,20-22,29,39H,1-9,16-17,19H2,(H,36,42)(H,40,41)(H2,37,38,43). The second-order valence-electron chi connectivity index (χ2n) is 11.7. The highest BCUT2D eigenvalue weighted by molar-refractivity contribution is 5.94. The van der Waals surface area contributed by atoms with Crippen molar-refractivity contribution < 1.29 is 42.5 Å². The molecule has 1 unspecified atom stereocenters. The van der Waals surface area contributed by atoms with Gasteiger partial charge in [0.25, 0.3) is 5.91 Å². The number of benzene rings is 2. The maximum atomic E-state index is 13.2. The van der Waals surface area contributed by atoms with E-state index in [1.807, 2.05) is 0 Å². The number of hydrogen-bond donors (Lipinski definition) is 5. The normalized spacial score (nSPS) is 19.9. The zero-order valence-electron chi connectivity index (χ0n) is 24.5. The molecule has 44 heavy (non-hydrogen) atoms. The molecule has 2 aliphatic rings. The fraction of sp³-hybridized carbons (Fsp3) is 0.531. The van der Waals surface area contributed by atoms with Gasteiger partial charge in [-0.2, -0.15) is 0 Å². The van der Waals surface area contributed by atoms with Gasteiger partial charge in [-0.3, -0.25) is 9.59 Å². The van der Waals surface area contributed by atoms with E-state index in [9.17, 15) is 32.7 Å². The summed E-state index contributed by atoms with van der Waals surface area (Å²) in [4.78, 5) is 36.4. The van der Waals surface area contributed by atoms with Crippen LogP contribution in [0.25, 0.3) is 0 Å². The van der Waals surface area contributed by atoms with Crippen molar-refractivity contribution in [2.75, 3.05) is 11.9 Å². The second kappa shape index (κ2) is 15.3. The Balaban J connectivity index is 1.47. The first kappa shape index (κ1) is 33.1. The van der Waals surface area contributed by atoms with Gasteiger partial charge in [0, 0.05) is 23.4 Å². The molecule has 4 rings (SSSR count). The maximum Gasteiger partial charge on any atom is 0.573 e. The maximum absolute atomic E-state index is 13.2. The number of aliphatic hydroxyl groups is 1. The van der Waals surface area contributed by atoms with Gasteiger partial charge in [0.15, 0.2) is 0 Å². The molecule has 0 bridgehead atoms. The number of alkyl halides is 3. The lowest BCUT2D eigenvalue weighted by atomic mass is 9.69. The molecule has 2 saturated carbocycles. The van der Waals surface area contributed by atoms with Gasteiger partial charge >= 0.3 is 18.4 Å². The van der Waals surface area contributed by atoms with Gasteiger partial charge in [-0.25, -0.2) is 4.79 Å². The van der Waals surface area contributed by atoms with E-state index in [2.05, 4.69) is 20.7 Å². The number of aliphatic carboxylic acids is 1. The van der Waals surface area contributed by atoms with Crippen LogP contribution in [0.15, 0.2) is 42.5 Å². The van der Waals surface area contributed by atoms with Crippen LogP contribution in [0, 0.1) is 17.8 Å². The highest BCUT2D eigenvalue weighted by Crippen LogP contribution is 2.43. The van der Waals surface area contributed by atoms with Gasteiger partial charge in [0.1, 0.15) is 5.75 Å². The summed E-state index contributed by atoms with van der Waals surface area (Å²) in [6, 6.07) is 9.40. The summed E-state index contributed by atoms with van der Waals surface area (Å²) in [5.41, 5.74) is 1.22. The van der Waals surface area contributed by atoms with Crippen LogP contribution in [0.5, 0.6) is 5.75 Å². The molecule has 3 amide bonds. The van der Waals surface area contributed by atoms with Crippen molar-refractivity contribution in [3.63, 3.8) is 0 Å². The van der Waals surface area contributed by atoms with Crippen molar-refractivity contribution >= 4 is 23.6 Å². The number of aliphatic hydroxyl groups excluding tert-OH is 1. The lowest BCUT2D eigenvalue weighted by Crippen LogP contribution is -2.38. The number of halogens is 3. The third kappa shape index (κ3) is 9.60. The van der Waals surface area contributed by atoms with Gasteiger partial charge < -0.3 is 30.9 Å². The van der Waals surface area contributed by atoms with Crippen molar-refractivity contribution in [3.8, 4) is 5.75 Å². The van der Waals surface area contributed by atoms with Gasteiger partial charge in [-0.15, -0.1) is 13.2 Å². The van der Waals surface area contributed by atoms with Crippen LogP contribution in [0.1, 0.15) is 91.7 Å². The number of urea groups is 1. The third-order valence-corrected chi connectivity index (χ3v) is 8.76. The molecule has 0 radical (unpaired) electrons. The Kier molecular flexibility index (Phi) is 11.5. The number of carboxylic acids is 1. The van der Waals surface area contributed by atoms with E-state index in [0.29, 0.717) is 11.5 Å². The minimum atomic E-state index is -4.92. The van der Waals surface area contributed by atoms with E-state index < -0.39 is 42.7 Å². The summed E-state index contributed by atoms with van der Waals surface area (Å²) < 4.78 is 42.1.